The van der Waals surface area contributed by atoms with E-state index in [4.69, 9.17) is 0 Å². The Morgan fingerprint density at radius 3 is 2.71 bits per heavy atom. The molecule has 2 aromatic rings. The van der Waals surface area contributed by atoms with Gasteiger partial charge in [0.2, 0.25) is 0 Å². The third kappa shape index (κ3) is 2.40. The quantitative estimate of drug-likeness (QED) is 0.903. The fourth-order valence-electron chi connectivity index (χ4n) is 3.20. The lowest BCUT2D eigenvalue weighted by Gasteiger charge is -2.36. The number of para-hydroxylation sites is 2. The molecule has 3 rings (SSSR count). The molecule has 1 aliphatic rings. The van der Waals surface area contributed by atoms with E-state index in [0.717, 1.165) is 29.9 Å². The van der Waals surface area contributed by atoms with Gasteiger partial charge in [-0.05, 0) is 42.5 Å². The van der Waals surface area contributed by atoms with Crippen molar-refractivity contribution in [3.05, 3.63) is 59.2 Å². The Bertz CT molecular complexity index is 693. The first kappa shape index (κ1) is 13.7. The zero-order chi connectivity index (χ0) is 15.0. The maximum atomic E-state index is 11.6. The molecule has 1 unspecified atom stereocenters. The highest BCUT2D eigenvalue weighted by Gasteiger charge is 2.26. The fraction of sp³-hybridized carbons (Fsp3) is 0.278. The number of carboxylic acids is 1. The van der Waals surface area contributed by atoms with Crippen LogP contribution in [0.2, 0.25) is 0 Å². The summed E-state index contributed by atoms with van der Waals surface area (Å²) in [6.07, 6.45) is 1.04. The topological polar surface area (TPSA) is 40.5 Å². The van der Waals surface area contributed by atoms with Crippen LogP contribution in [-0.2, 0) is 6.42 Å². The Balaban J connectivity index is 2.20. The van der Waals surface area contributed by atoms with Crippen LogP contribution in [0.5, 0.6) is 0 Å². The van der Waals surface area contributed by atoms with Crippen molar-refractivity contribution in [2.75, 3.05) is 11.4 Å². The molecule has 0 bridgehead atoms. The van der Waals surface area contributed by atoms with Crippen LogP contribution in [0.25, 0.3) is 0 Å². The third-order valence-corrected chi connectivity index (χ3v) is 4.08. The Kier molecular flexibility index (Phi) is 3.42. The van der Waals surface area contributed by atoms with Gasteiger partial charge >= 0.3 is 5.97 Å². The summed E-state index contributed by atoms with van der Waals surface area (Å²) >= 11 is 0. The van der Waals surface area contributed by atoms with E-state index >= 15 is 0 Å². The van der Waals surface area contributed by atoms with E-state index in [9.17, 15) is 9.90 Å². The fourth-order valence-corrected chi connectivity index (χ4v) is 3.20. The van der Waals surface area contributed by atoms with E-state index in [2.05, 4.69) is 24.0 Å². The van der Waals surface area contributed by atoms with Crippen LogP contribution in [0.4, 0.5) is 11.4 Å². The lowest BCUT2D eigenvalue weighted by Crippen LogP contribution is -2.32. The maximum absolute atomic E-state index is 11.6. The van der Waals surface area contributed by atoms with E-state index in [1.165, 1.54) is 5.56 Å². The van der Waals surface area contributed by atoms with Crippen LogP contribution in [0.15, 0.2) is 42.5 Å². The average Bonchev–Trinajstić information content (AvgIpc) is 2.46. The summed E-state index contributed by atoms with van der Waals surface area (Å²) in [5.41, 5.74) is 4.62. The summed E-state index contributed by atoms with van der Waals surface area (Å²) in [4.78, 5) is 13.8. The first-order valence-electron chi connectivity index (χ1n) is 7.26. The van der Waals surface area contributed by atoms with Crippen molar-refractivity contribution < 1.29 is 9.90 Å². The van der Waals surface area contributed by atoms with Gasteiger partial charge in [-0.1, -0.05) is 37.3 Å². The first-order chi connectivity index (χ1) is 10.1. The molecule has 3 nitrogen and oxygen atoms in total. The minimum absolute atomic E-state index is 0.374. The Hall–Kier alpha value is -2.29. The minimum Gasteiger partial charge on any atom is -0.478 e. The van der Waals surface area contributed by atoms with Crippen molar-refractivity contribution in [2.45, 2.75) is 20.3 Å². The van der Waals surface area contributed by atoms with Gasteiger partial charge in [0.15, 0.2) is 0 Å². The number of carboxylic acid groups (broad SMARTS) is 1. The number of hydrogen-bond acceptors (Lipinski definition) is 2. The number of nitrogens with zero attached hydrogens (tertiary/aromatic N) is 1. The molecule has 0 saturated heterocycles. The van der Waals surface area contributed by atoms with E-state index in [0.29, 0.717) is 11.5 Å². The lowest BCUT2D eigenvalue weighted by molar-refractivity contribution is 0.0697. The van der Waals surface area contributed by atoms with Crippen molar-refractivity contribution in [3.63, 3.8) is 0 Å². The molecule has 1 aliphatic heterocycles. The Labute approximate surface area is 124 Å². The van der Waals surface area contributed by atoms with Gasteiger partial charge in [0.1, 0.15) is 0 Å². The number of carbonyl (C=O) groups is 1. The van der Waals surface area contributed by atoms with Crippen molar-refractivity contribution in [1.29, 1.82) is 0 Å². The van der Waals surface area contributed by atoms with E-state index < -0.39 is 5.97 Å². The molecule has 0 aliphatic carbocycles. The second-order valence-electron chi connectivity index (χ2n) is 5.82. The van der Waals surface area contributed by atoms with Gasteiger partial charge in [0.25, 0.3) is 0 Å². The van der Waals surface area contributed by atoms with Crippen LogP contribution in [0, 0.1) is 12.8 Å². The zero-order valence-electron chi connectivity index (χ0n) is 12.3. The monoisotopic (exact) mass is 281 g/mol. The lowest BCUT2D eigenvalue weighted by atomic mass is 9.92. The molecule has 3 heteroatoms. The smallest absolute Gasteiger partial charge is 0.337 e. The van der Waals surface area contributed by atoms with Gasteiger partial charge in [0.05, 0.1) is 11.3 Å². The molecule has 1 N–H and O–H groups in total. The molecule has 0 saturated carbocycles. The highest BCUT2D eigenvalue weighted by atomic mass is 16.4. The molecular formula is C18H19NO2. The number of fused-ring (bicyclic) bond motifs is 1. The summed E-state index contributed by atoms with van der Waals surface area (Å²) in [6.45, 7) is 5.04. The molecule has 2 aromatic carbocycles. The summed E-state index contributed by atoms with van der Waals surface area (Å²) < 4.78 is 0. The largest absolute Gasteiger partial charge is 0.478 e. The molecule has 0 amide bonds. The molecular weight excluding hydrogens is 262 g/mol. The number of aryl methyl sites for hydroxylation is 1. The number of hydrogen-bond donors (Lipinski definition) is 1. The van der Waals surface area contributed by atoms with Crippen LogP contribution in [0.3, 0.4) is 0 Å². The van der Waals surface area contributed by atoms with E-state index in [-0.39, 0.29) is 0 Å². The predicted molar refractivity (Wildman–Crippen MR) is 84.5 cm³/mol. The van der Waals surface area contributed by atoms with Crippen LogP contribution < -0.4 is 4.90 Å². The molecule has 21 heavy (non-hydrogen) atoms. The van der Waals surface area contributed by atoms with Gasteiger partial charge in [-0.15, -0.1) is 0 Å². The van der Waals surface area contributed by atoms with Gasteiger partial charge in [-0.25, -0.2) is 4.79 Å². The van der Waals surface area contributed by atoms with Crippen LogP contribution in [0.1, 0.15) is 28.4 Å². The molecule has 108 valence electrons. The number of anilines is 2. The normalized spacial score (nSPS) is 17.4. The highest BCUT2D eigenvalue weighted by Crippen LogP contribution is 2.38. The van der Waals surface area contributed by atoms with Gasteiger partial charge in [0, 0.05) is 12.2 Å². The van der Waals surface area contributed by atoms with Gasteiger partial charge in [-0.3, -0.25) is 0 Å². The van der Waals surface area contributed by atoms with Gasteiger partial charge in [-0.2, -0.15) is 0 Å². The number of rotatable bonds is 2. The molecule has 1 atom stereocenters. The summed E-state index contributed by atoms with van der Waals surface area (Å²) in [7, 11) is 0. The van der Waals surface area contributed by atoms with Crippen molar-refractivity contribution in [3.8, 4) is 0 Å². The molecule has 0 spiro atoms. The van der Waals surface area contributed by atoms with Crippen molar-refractivity contribution in [2.24, 2.45) is 5.92 Å². The van der Waals surface area contributed by atoms with E-state index in [1.54, 1.807) is 6.07 Å². The summed E-state index contributed by atoms with van der Waals surface area (Å²) in [5, 5.41) is 9.51. The highest BCUT2D eigenvalue weighted by molar-refractivity contribution is 5.97. The first-order valence-corrected chi connectivity index (χ1v) is 7.26. The standard InChI is InChI=1S/C18H19NO2/c1-12-10-14-7-3-4-9-16(14)19(11-12)17-13(2)6-5-8-15(17)18(20)21/h3-9,12H,10-11H2,1-2H3,(H,20,21). The van der Waals surface area contributed by atoms with Crippen molar-refractivity contribution in [1.82, 2.24) is 0 Å². The second-order valence-corrected chi connectivity index (χ2v) is 5.82. The molecule has 0 aromatic heterocycles. The van der Waals surface area contributed by atoms with Crippen LogP contribution in [-0.4, -0.2) is 17.6 Å². The van der Waals surface area contributed by atoms with Crippen LogP contribution >= 0.6 is 0 Å². The molecule has 0 fully saturated rings. The molecule has 0 radical (unpaired) electrons. The number of benzene rings is 2. The van der Waals surface area contributed by atoms with Crippen molar-refractivity contribution >= 4 is 17.3 Å². The summed E-state index contributed by atoms with van der Waals surface area (Å²) in [6, 6.07) is 13.7. The average molecular weight is 281 g/mol. The Morgan fingerprint density at radius 1 is 1.19 bits per heavy atom. The van der Waals surface area contributed by atoms with Gasteiger partial charge < -0.3 is 10.0 Å². The second kappa shape index (κ2) is 5.24. The molecule has 1 heterocycles. The SMILES string of the molecule is Cc1cccc(C(=O)O)c1N1CC(C)Cc2ccccc21. The summed E-state index contributed by atoms with van der Waals surface area (Å²) in [5.74, 6) is -0.370. The number of aromatic carboxylic acids is 1. The predicted octanol–water partition coefficient (Wildman–Crippen LogP) is 4.02. The maximum Gasteiger partial charge on any atom is 0.337 e. The Morgan fingerprint density at radius 2 is 1.95 bits per heavy atom. The minimum atomic E-state index is -0.871. The zero-order valence-corrected chi connectivity index (χ0v) is 12.3. The third-order valence-electron chi connectivity index (χ3n) is 4.08. The van der Waals surface area contributed by atoms with E-state index in [1.807, 2.05) is 31.2 Å².